The first kappa shape index (κ1) is 13.3. The molecule has 5 heteroatoms. The SMILES string of the molecule is C#CCNC(=O)OCCCCCC(=O)O. The predicted molar refractivity (Wildman–Crippen MR) is 54.3 cm³/mol. The van der Waals surface area contributed by atoms with Crippen molar-refractivity contribution in [1.29, 1.82) is 0 Å². The molecule has 0 aliphatic carbocycles. The van der Waals surface area contributed by atoms with E-state index in [0.29, 0.717) is 12.8 Å². The van der Waals surface area contributed by atoms with Crippen molar-refractivity contribution in [2.45, 2.75) is 25.7 Å². The van der Waals surface area contributed by atoms with Crippen molar-refractivity contribution in [2.75, 3.05) is 13.2 Å². The minimum atomic E-state index is -0.803. The smallest absolute Gasteiger partial charge is 0.407 e. The van der Waals surface area contributed by atoms with Gasteiger partial charge < -0.3 is 15.2 Å². The van der Waals surface area contributed by atoms with Crippen LogP contribution in [0, 0.1) is 12.3 Å². The molecule has 0 rings (SSSR count). The lowest BCUT2D eigenvalue weighted by Gasteiger charge is -2.03. The molecule has 2 N–H and O–H groups in total. The minimum absolute atomic E-state index is 0.151. The maximum absolute atomic E-state index is 10.8. The summed E-state index contributed by atoms with van der Waals surface area (Å²) in [4.78, 5) is 21.0. The van der Waals surface area contributed by atoms with Crippen molar-refractivity contribution in [3.8, 4) is 12.3 Å². The third kappa shape index (κ3) is 10.2. The largest absolute Gasteiger partial charge is 0.481 e. The molecule has 84 valence electrons. The Balaban J connectivity index is 3.20. The van der Waals surface area contributed by atoms with Gasteiger partial charge in [-0.25, -0.2) is 4.79 Å². The monoisotopic (exact) mass is 213 g/mol. The van der Waals surface area contributed by atoms with Crippen molar-refractivity contribution < 1.29 is 19.4 Å². The summed E-state index contributed by atoms with van der Waals surface area (Å²) < 4.78 is 4.76. The summed E-state index contributed by atoms with van der Waals surface area (Å²) in [5, 5.41) is 10.7. The number of unbranched alkanes of at least 4 members (excludes halogenated alkanes) is 2. The van der Waals surface area contributed by atoms with Crippen LogP contribution in [0.2, 0.25) is 0 Å². The lowest BCUT2D eigenvalue weighted by Crippen LogP contribution is -2.24. The van der Waals surface area contributed by atoms with Gasteiger partial charge in [0.2, 0.25) is 0 Å². The van der Waals surface area contributed by atoms with E-state index in [1.165, 1.54) is 0 Å². The number of ether oxygens (including phenoxy) is 1. The van der Waals surface area contributed by atoms with E-state index in [1.807, 2.05) is 0 Å². The number of alkyl carbamates (subject to hydrolysis) is 1. The Hall–Kier alpha value is -1.70. The maximum atomic E-state index is 10.8. The van der Waals surface area contributed by atoms with Crippen LogP contribution < -0.4 is 5.32 Å². The van der Waals surface area contributed by atoms with Gasteiger partial charge in [0.05, 0.1) is 13.2 Å². The second-order valence-corrected chi connectivity index (χ2v) is 2.90. The van der Waals surface area contributed by atoms with Gasteiger partial charge in [0.1, 0.15) is 0 Å². The number of carboxylic acids is 1. The van der Waals surface area contributed by atoms with Gasteiger partial charge in [0, 0.05) is 6.42 Å². The molecule has 0 fully saturated rings. The number of aliphatic carboxylic acids is 1. The number of carbonyl (C=O) groups is 2. The summed E-state index contributed by atoms with van der Waals surface area (Å²) in [5.74, 6) is 1.44. The van der Waals surface area contributed by atoms with Crippen LogP contribution in [-0.2, 0) is 9.53 Å². The first-order chi connectivity index (χ1) is 7.16. The summed E-state index contributed by atoms with van der Waals surface area (Å²) >= 11 is 0. The highest BCUT2D eigenvalue weighted by atomic mass is 16.5. The average Bonchev–Trinajstić information content (AvgIpc) is 2.19. The molecule has 0 saturated carbocycles. The van der Waals surface area contributed by atoms with Crippen LogP contribution in [0.25, 0.3) is 0 Å². The Morgan fingerprint density at radius 2 is 2.07 bits per heavy atom. The highest BCUT2D eigenvalue weighted by Gasteiger charge is 2.00. The second-order valence-electron chi connectivity index (χ2n) is 2.90. The third-order valence-corrected chi connectivity index (χ3v) is 1.60. The molecule has 0 unspecified atom stereocenters. The molecule has 1 amide bonds. The number of carboxylic acid groups (broad SMARTS) is 1. The number of terminal acetylenes is 1. The summed E-state index contributed by atoms with van der Waals surface area (Å²) in [6.07, 6.45) is 6.54. The van der Waals surface area contributed by atoms with E-state index in [9.17, 15) is 9.59 Å². The van der Waals surface area contributed by atoms with Crippen LogP contribution in [0.15, 0.2) is 0 Å². The van der Waals surface area contributed by atoms with E-state index >= 15 is 0 Å². The topological polar surface area (TPSA) is 75.6 Å². The van der Waals surface area contributed by atoms with Crippen LogP contribution in [0.3, 0.4) is 0 Å². The van der Waals surface area contributed by atoms with Crippen LogP contribution in [-0.4, -0.2) is 30.3 Å². The van der Waals surface area contributed by atoms with Crippen LogP contribution in [0.5, 0.6) is 0 Å². The van der Waals surface area contributed by atoms with Crippen molar-refractivity contribution in [3.63, 3.8) is 0 Å². The van der Waals surface area contributed by atoms with E-state index in [-0.39, 0.29) is 19.6 Å². The summed E-state index contributed by atoms with van der Waals surface area (Å²) in [6.45, 7) is 0.438. The zero-order valence-electron chi connectivity index (χ0n) is 8.49. The lowest BCUT2D eigenvalue weighted by atomic mass is 10.2. The Labute approximate surface area is 88.8 Å². The molecule has 0 atom stereocenters. The molecule has 5 nitrogen and oxygen atoms in total. The number of rotatable bonds is 7. The first-order valence-electron chi connectivity index (χ1n) is 4.72. The van der Waals surface area contributed by atoms with Gasteiger partial charge in [0.15, 0.2) is 0 Å². The molecule has 0 saturated heterocycles. The van der Waals surface area contributed by atoms with E-state index in [0.717, 1.165) is 6.42 Å². The predicted octanol–water partition coefficient (Wildman–Crippen LogP) is 0.991. The van der Waals surface area contributed by atoms with Gasteiger partial charge in [0.25, 0.3) is 0 Å². The van der Waals surface area contributed by atoms with E-state index in [4.69, 9.17) is 16.3 Å². The number of amides is 1. The normalized spacial score (nSPS) is 9.00. The molecule has 0 bridgehead atoms. The van der Waals surface area contributed by atoms with E-state index in [2.05, 4.69) is 11.2 Å². The fourth-order valence-electron chi connectivity index (χ4n) is 0.894. The Bertz CT molecular complexity index is 244. The number of nitrogens with one attached hydrogen (secondary N) is 1. The number of carbonyl (C=O) groups excluding carboxylic acids is 1. The van der Waals surface area contributed by atoms with Crippen molar-refractivity contribution >= 4 is 12.1 Å². The standard InChI is InChI=1S/C10H15NO4/c1-2-7-11-10(14)15-8-5-3-4-6-9(12)13/h1H,3-8H2,(H,11,14)(H,12,13). The molecule has 0 aromatic carbocycles. The van der Waals surface area contributed by atoms with E-state index in [1.54, 1.807) is 0 Å². The third-order valence-electron chi connectivity index (χ3n) is 1.60. The number of hydrogen-bond donors (Lipinski definition) is 2. The van der Waals surface area contributed by atoms with Crippen molar-refractivity contribution in [1.82, 2.24) is 5.32 Å². The molecule has 0 radical (unpaired) electrons. The zero-order chi connectivity index (χ0) is 11.5. The van der Waals surface area contributed by atoms with Gasteiger partial charge >= 0.3 is 12.1 Å². The molecule has 0 heterocycles. The highest BCUT2D eigenvalue weighted by molar-refractivity contribution is 5.67. The molecule has 0 aliphatic heterocycles. The number of hydrogen-bond acceptors (Lipinski definition) is 3. The molecular weight excluding hydrogens is 198 g/mol. The minimum Gasteiger partial charge on any atom is -0.481 e. The Kier molecular flexibility index (Phi) is 7.87. The molecule has 15 heavy (non-hydrogen) atoms. The van der Waals surface area contributed by atoms with Gasteiger partial charge in [-0.3, -0.25) is 4.79 Å². The molecular formula is C10H15NO4. The molecule has 0 aromatic rings. The van der Waals surface area contributed by atoms with E-state index < -0.39 is 12.1 Å². The maximum Gasteiger partial charge on any atom is 0.407 e. The second kappa shape index (κ2) is 8.88. The lowest BCUT2D eigenvalue weighted by molar-refractivity contribution is -0.137. The summed E-state index contributed by atoms with van der Waals surface area (Å²) in [5.41, 5.74) is 0. The van der Waals surface area contributed by atoms with Crippen LogP contribution in [0.4, 0.5) is 4.79 Å². The quantitative estimate of drug-likeness (QED) is 0.488. The molecule has 0 aromatic heterocycles. The molecule has 0 spiro atoms. The summed E-state index contributed by atoms with van der Waals surface area (Å²) in [7, 11) is 0. The highest BCUT2D eigenvalue weighted by Crippen LogP contribution is 1.99. The van der Waals surface area contributed by atoms with Gasteiger partial charge in [-0.05, 0) is 19.3 Å². The van der Waals surface area contributed by atoms with Crippen molar-refractivity contribution in [2.24, 2.45) is 0 Å². The first-order valence-corrected chi connectivity index (χ1v) is 4.72. The fourth-order valence-corrected chi connectivity index (χ4v) is 0.894. The summed E-state index contributed by atoms with van der Waals surface area (Å²) in [6, 6.07) is 0. The van der Waals surface area contributed by atoms with Crippen LogP contribution in [0.1, 0.15) is 25.7 Å². The van der Waals surface area contributed by atoms with Crippen LogP contribution >= 0.6 is 0 Å². The fraction of sp³-hybridized carbons (Fsp3) is 0.600. The van der Waals surface area contributed by atoms with Crippen molar-refractivity contribution in [3.05, 3.63) is 0 Å². The van der Waals surface area contributed by atoms with Gasteiger partial charge in [-0.15, -0.1) is 6.42 Å². The Morgan fingerprint density at radius 1 is 1.33 bits per heavy atom. The Morgan fingerprint density at radius 3 is 2.67 bits per heavy atom. The zero-order valence-corrected chi connectivity index (χ0v) is 8.49. The molecule has 0 aliphatic rings. The average molecular weight is 213 g/mol. The van der Waals surface area contributed by atoms with Gasteiger partial charge in [-0.1, -0.05) is 5.92 Å². The van der Waals surface area contributed by atoms with Gasteiger partial charge in [-0.2, -0.15) is 0 Å².